The third kappa shape index (κ3) is 2.58. The number of H-pyrrole nitrogens is 1. The monoisotopic (exact) mass is 306 g/mol. The van der Waals surface area contributed by atoms with E-state index in [1.807, 2.05) is 25.7 Å². The lowest BCUT2D eigenvalue weighted by Crippen LogP contribution is -2.43. The summed E-state index contributed by atoms with van der Waals surface area (Å²) in [6.45, 7) is 7.42. The number of aryl methyl sites for hydroxylation is 3. The lowest BCUT2D eigenvalue weighted by atomic mass is 10.1. The summed E-state index contributed by atoms with van der Waals surface area (Å²) in [5.41, 5.74) is 2.79. The van der Waals surface area contributed by atoms with E-state index in [4.69, 9.17) is 4.74 Å². The molecule has 1 aliphatic heterocycles. The van der Waals surface area contributed by atoms with Gasteiger partial charge in [-0.05, 0) is 26.3 Å². The quantitative estimate of drug-likeness (QED) is 0.921. The van der Waals surface area contributed by atoms with Crippen molar-refractivity contribution in [3.63, 3.8) is 0 Å². The molecule has 1 saturated heterocycles. The first-order chi connectivity index (χ1) is 10.1. The summed E-state index contributed by atoms with van der Waals surface area (Å²) in [5, 5.41) is 7.97. The molecule has 1 aliphatic rings. The zero-order valence-electron chi connectivity index (χ0n) is 12.3. The number of morpholine rings is 1. The van der Waals surface area contributed by atoms with Crippen LogP contribution in [-0.4, -0.2) is 45.7 Å². The van der Waals surface area contributed by atoms with E-state index >= 15 is 0 Å². The van der Waals surface area contributed by atoms with Crippen molar-refractivity contribution < 1.29 is 9.53 Å². The molecule has 0 aliphatic carbocycles. The fourth-order valence-corrected chi connectivity index (χ4v) is 3.52. The molecule has 6 nitrogen and oxygen atoms in total. The highest BCUT2D eigenvalue weighted by Gasteiger charge is 2.32. The normalized spacial score (nSPS) is 19.0. The van der Waals surface area contributed by atoms with Gasteiger partial charge in [-0.3, -0.25) is 9.89 Å². The van der Waals surface area contributed by atoms with E-state index in [9.17, 15) is 4.79 Å². The Bertz CT molecular complexity index is 664. The van der Waals surface area contributed by atoms with Crippen molar-refractivity contribution in [1.29, 1.82) is 0 Å². The van der Waals surface area contributed by atoms with Gasteiger partial charge in [0, 0.05) is 6.54 Å². The van der Waals surface area contributed by atoms with Crippen LogP contribution in [-0.2, 0) is 4.74 Å². The minimum Gasteiger partial charge on any atom is -0.377 e. The highest BCUT2D eigenvalue weighted by atomic mass is 32.1. The molecule has 21 heavy (non-hydrogen) atoms. The van der Waals surface area contributed by atoms with Gasteiger partial charge in [-0.1, -0.05) is 0 Å². The second-order valence-electron chi connectivity index (χ2n) is 5.20. The van der Waals surface area contributed by atoms with Gasteiger partial charge in [0.2, 0.25) is 0 Å². The number of aromatic nitrogens is 3. The molecule has 7 heteroatoms. The largest absolute Gasteiger partial charge is 0.377 e. The maximum Gasteiger partial charge on any atom is 0.266 e. The van der Waals surface area contributed by atoms with Crippen molar-refractivity contribution in [3.8, 4) is 0 Å². The van der Waals surface area contributed by atoms with Gasteiger partial charge < -0.3 is 9.64 Å². The Morgan fingerprint density at radius 1 is 1.48 bits per heavy atom. The molecule has 0 bridgehead atoms. The van der Waals surface area contributed by atoms with Crippen LogP contribution in [0.5, 0.6) is 0 Å². The third-order valence-corrected chi connectivity index (χ3v) is 4.75. The first kappa shape index (κ1) is 14.2. The van der Waals surface area contributed by atoms with Crippen LogP contribution in [0, 0.1) is 20.8 Å². The predicted octanol–water partition coefficient (Wildman–Crippen LogP) is 2.01. The second-order valence-corrected chi connectivity index (χ2v) is 6.41. The second kappa shape index (κ2) is 5.57. The number of hydrogen-bond acceptors (Lipinski definition) is 5. The standard InChI is InChI=1S/C14H18N4O2S/c1-8-6-15-17-12(8)11-7-20-5-4-18(11)14(19)13-9(2)16-10(3)21-13/h6,11H,4-5,7H2,1-3H3,(H,15,17)/t11-/m1/s1. The molecular weight excluding hydrogens is 288 g/mol. The van der Waals surface area contributed by atoms with Crippen LogP contribution < -0.4 is 0 Å². The van der Waals surface area contributed by atoms with E-state index in [1.165, 1.54) is 11.3 Å². The lowest BCUT2D eigenvalue weighted by Gasteiger charge is -2.35. The van der Waals surface area contributed by atoms with Gasteiger partial charge in [0.05, 0.1) is 41.8 Å². The molecule has 0 saturated carbocycles. The third-order valence-electron chi connectivity index (χ3n) is 3.69. The Morgan fingerprint density at radius 2 is 2.29 bits per heavy atom. The zero-order chi connectivity index (χ0) is 15.0. The van der Waals surface area contributed by atoms with E-state index in [2.05, 4.69) is 15.2 Å². The van der Waals surface area contributed by atoms with Crippen LogP contribution in [0.25, 0.3) is 0 Å². The number of hydrogen-bond donors (Lipinski definition) is 1. The molecule has 1 N–H and O–H groups in total. The molecule has 0 aromatic carbocycles. The average Bonchev–Trinajstić information content (AvgIpc) is 3.03. The molecule has 1 atom stereocenters. The van der Waals surface area contributed by atoms with Gasteiger partial charge in [0.25, 0.3) is 5.91 Å². The number of amides is 1. The van der Waals surface area contributed by atoms with Crippen LogP contribution in [0.1, 0.15) is 37.7 Å². The van der Waals surface area contributed by atoms with Crippen molar-refractivity contribution >= 4 is 17.2 Å². The van der Waals surface area contributed by atoms with E-state index in [0.717, 1.165) is 26.8 Å². The number of carbonyl (C=O) groups excluding carboxylic acids is 1. The number of nitrogens with zero attached hydrogens (tertiary/aromatic N) is 3. The Hall–Kier alpha value is -1.73. The maximum absolute atomic E-state index is 12.9. The van der Waals surface area contributed by atoms with Crippen LogP contribution in [0.15, 0.2) is 6.20 Å². The maximum atomic E-state index is 12.9. The summed E-state index contributed by atoms with van der Waals surface area (Å²) in [4.78, 5) is 19.8. The van der Waals surface area contributed by atoms with Crippen molar-refractivity contribution in [2.24, 2.45) is 0 Å². The number of carbonyl (C=O) groups is 1. The van der Waals surface area contributed by atoms with Gasteiger partial charge in [-0.15, -0.1) is 11.3 Å². The Kier molecular flexibility index (Phi) is 3.77. The summed E-state index contributed by atoms with van der Waals surface area (Å²) >= 11 is 1.45. The molecule has 0 unspecified atom stereocenters. The van der Waals surface area contributed by atoms with Crippen molar-refractivity contribution in [2.75, 3.05) is 19.8 Å². The van der Waals surface area contributed by atoms with Gasteiger partial charge in [0.1, 0.15) is 4.88 Å². The molecule has 2 aromatic heterocycles. The van der Waals surface area contributed by atoms with Crippen molar-refractivity contribution in [2.45, 2.75) is 26.8 Å². The first-order valence-corrected chi connectivity index (χ1v) is 7.72. The fourth-order valence-electron chi connectivity index (χ4n) is 2.64. The van der Waals surface area contributed by atoms with Gasteiger partial charge >= 0.3 is 0 Å². The lowest BCUT2D eigenvalue weighted by molar-refractivity contribution is -0.00386. The van der Waals surface area contributed by atoms with Gasteiger partial charge in [-0.25, -0.2) is 4.98 Å². The zero-order valence-corrected chi connectivity index (χ0v) is 13.2. The minimum atomic E-state index is -0.115. The fraction of sp³-hybridized carbons (Fsp3) is 0.500. The summed E-state index contributed by atoms with van der Waals surface area (Å²) < 4.78 is 5.56. The molecule has 0 radical (unpaired) electrons. The number of aromatic amines is 1. The first-order valence-electron chi connectivity index (χ1n) is 6.90. The number of ether oxygens (including phenoxy) is 1. The predicted molar refractivity (Wildman–Crippen MR) is 79.5 cm³/mol. The summed E-state index contributed by atoms with van der Waals surface area (Å²) in [7, 11) is 0. The summed E-state index contributed by atoms with van der Waals surface area (Å²) in [6, 6.07) is -0.115. The summed E-state index contributed by atoms with van der Waals surface area (Å²) in [5.74, 6) is 0.0281. The van der Waals surface area contributed by atoms with Gasteiger partial charge in [-0.2, -0.15) is 5.10 Å². The number of rotatable bonds is 2. The Labute approximate surface area is 127 Å². The van der Waals surface area contributed by atoms with Crippen molar-refractivity contribution in [3.05, 3.63) is 33.0 Å². The average molecular weight is 306 g/mol. The number of nitrogens with one attached hydrogen (secondary N) is 1. The Morgan fingerprint density at radius 3 is 2.90 bits per heavy atom. The Balaban J connectivity index is 1.93. The highest BCUT2D eigenvalue weighted by molar-refractivity contribution is 7.13. The van der Waals surface area contributed by atoms with Crippen LogP contribution in [0.2, 0.25) is 0 Å². The SMILES string of the molecule is Cc1nc(C)c(C(=O)N2CCOC[C@@H]2c2[nH]ncc2C)s1. The highest BCUT2D eigenvalue weighted by Crippen LogP contribution is 2.29. The molecule has 3 rings (SSSR count). The van der Waals surface area contributed by atoms with Crippen LogP contribution in [0.4, 0.5) is 0 Å². The topological polar surface area (TPSA) is 71.1 Å². The smallest absolute Gasteiger partial charge is 0.266 e. The summed E-state index contributed by atoms with van der Waals surface area (Å²) in [6.07, 6.45) is 1.77. The van der Waals surface area contributed by atoms with E-state index in [1.54, 1.807) is 6.20 Å². The van der Waals surface area contributed by atoms with E-state index in [-0.39, 0.29) is 11.9 Å². The minimum absolute atomic E-state index is 0.0281. The molecule has 0 spiro atoms. The molecule has 2 aromatic rings. The van der Waals surface area contributed by atoms with Crippen molar-refractivity contribution in [1.82, 2.24) is 20.1 Å². The van der Waals surface area contributed by atoms with Crippen LogP contribution >= 0.6 is 11.3 Å². The van der Waals surface area contributed by atoms with E-state index < -0.39 is 0 Å². The van der Waals surface area contributed by atoms with Crippen LogP contribution in [0.3, 0.4) is 0 Å². The van der Waals surface area contributed by atoms with Gasteiger partial charge in [0.15, 0.2) is 0 Å². The molecule has 112 valence electrons. The molecular formula is C14H18N4O2S. The molecule has 1 fully saturated rings. The molecule has 3 heterocycles. The molecule has 1 amide bonds. The number of thiazole rings is 1. The van der Waals surface area contributed by atoms with E-state index in [0.29, 0.717) is 19.8 Å².